The van der Waals surface area contributed by atoms with E-state index in [1.807, 2.05) is 0 Å². The van der Waals surface area contributed by atoms with Gasteiger partial charge in [-0.3, -0.25) is 4.90 Å². The second-order valence-electron chi connectivity index (χ2n) is 4.49. The molecule has 82 valence electrons. The molecule has 1 aliphatic heterocycles. The van der Waals surface area contributed by atoms with E-state index in [1.54, 1.807) is 0 Å². The zero-order chi connectivity index (χ0) is 10.1. The molecule has 0 radical (unpaired) electrons. The molecule has 2 aliphatic rings. The van der Waals surface area contributed by atoms with Gasteiger partial charge in [0.2, 0.25) is 0 Å². The summed E-state index contributed by atoms with van der Waals surface area (Å²) in [4.78, 5) is 2.09. The molecular weight excluding hydrogens is 182 g/mol. The Balaban J connectivity index is 2.01. The summed E-state index contributed by atoms with van der Waals surface area (Å²) in [5.74, 6) is 0. The molecule has 14 heavy (non-hydrogen) atoms. The third-order valence-electron chi connectivity index (χ3n) is 3.52. The number of nitrogens with zero attached hydrogens (tertiary/aromatic N) is 1. The maximum absolute atomic E-state index is 9.74. The van der Waals surface area contributed by atoms with Gasteiger partial charge < -0.3 is 15.3 Å². The average molecular weight is 201 g/mol. The second kappa shape index (κ2) is 4.14. The number of hydrogen-bond donors (Lipinski definition) is 3. The highest BCUT2D eigenvalue weighted by atomic mass is 16.3. The van der Waals surface area contributed by atoms with Crippen molar-refractivity contribution in [3.8, 4) is 0 Å². The highest BCUT2D eigenvalue weighted by Gasteiger charge is 2.39. The minimum absolute atomic E-state index is 0.0442. The lowest BCUT2D eigenvalue weighted by atomic mass is 10.1. The second-order valence-corrected chi connectivity index (χ2v) is 4.49. The number of aliphatic hydroxyl groups is 3. The molecule has 2 rings (SSSR count). The lowest BCUT2D eigenvalue weighted by Gasteiger charge is -2.31. The quantitative estimate of drug-likeness (QED) is 0.554. The van der Waals surface area contributed by atoms with Gasteiger partial charge in [0, 0.05) is 18.6 Å². The van der Waals surface area contributed by atoms with Gasteiger partial charge >= 0.3 is 0 Å². The molecule has 1 saturated heterocycles. The summed E-state index contributed by atoms with van der Waals surface area (Å²) in [6.07, 6.45) is 2.94. The monoisotopic (exact) mass is 201 g/mol. The van der Waals surface area contributed by atoms with Gasteiger partial charge in [-0.2, -0.15) is 0 Å². The van der Waals surface area contributed by atoms with Gasteiger partial charge in [0.25, 0.3) is 0 Å². The summed E-state index contributed by atoms with van der Waals surface area (Å²) in [7, 11) is 0. The summed E-state index contributed by atoms with van der Waals surface area (Å²) in [6, 6.07) is 0.201. The van der Waals surface area contributed by atoms with E-state index in [1.165, 1.54) is 0 Å². The third-order valence-corrected chi connectivity index (χ3v) is 3.52. The van der Waals surface area contributed by atoms with E-state index in [-0.39, 0.29) is 30.9 Å². The van der Waals surface area contributed by atoms with Crippen LogP contribution < -0.4 is 0 Å². The predicted molar refractivity (Wildman–Crippen MR) is 51.8 cm³/mol. The van der Waals surface area contributed by atoms with Crippen molar-refractivity contribution in [2.45, 2.75) is 50.0 Å². The minimum Gasteiger partial charge on any atom is -0.395 e. The van der Waals surface area contributed by atoms with Gasteiger partial charge in [-0.1, -0.05) is 0 Å². The van der Waals surface area contributed by atoms with E-state index < -0.39 is 0 Å². The number of β-amino-alcohol motifs (C(OH)–C–C–N with tert-alkyl or cyclic N) is 1. The maximum Gasteiger partial charge on any atom is 0.0695 e. The summed E-state index contributed by atoms with van der Waals surface area (Å²) < 4.78 is 0. The normalized spacial score (nSPS) is 44.8. The number of hydrogen-bond acceptors (Lipinski definition) is 4. The Hall–Kier alpha value is -0.160. The van der Waals surface area contributed by atoms with E-state index in [0.717, 1.165) is 19.3 Å². The Kier molecular flexibility index (Phi) is 3.07. The molecule has 1 heterocycles. The molecule has 1 aliphatic carbocycles. The largest absolute Gasteiger partial charge is 0.395 e. The first-order valence-corrected chi connectivity index (χ1v) is 5.45. The number of rotatable bonds is 2. The van der Waals surface area contributed by atoms with Crippen molar-refractivity contribution in [3.63, 3.8) is 0 Å². The Morgan fingerprint density at radius 2 is 2.00 bits per heavy atom. The molecule has 1 saturated carbocycles. The Bertz CT molecular complexity index is 200. The van der Waals surface area contributed by atoms with Gasteiger partial charge in [0.05, 0.1) is 18.8 Å². The van der Waals surface area contributed by atoms with E-state index in [9.17, 15) is 10.2 Å². The summed E-state index contributed by atoms with van der Waals surface area (Å²) in [6.45, 7) is 0.688. The molecule has 2 unspecified atom stereocenters. The van der Waals surface area contributed by atoms with Crippen LogP contribution in [-0.2, 0) is 0 Å². The van der Waals surface area contributed by atoms with Gasteiger partial charge in [-0.05, 0) is 25.7 Å². The van der Waals surface area contributed by atoms with Gasteiger partial charge in [-0.15, -0.1) is 0 Å². The Morgan fingerprint density at radius 1 is 1.21 bits per heavy atom. The smallest absolute Gasteiger partial charge is 0.0695 e. The van der Waals surface area contributed by atoms with Gasteiger partial charge in [-0.25, -0.2) is 0 Å². The van der Waals surface area contributed by atoms with Crippen molar-refractivity contribution < 1.29 is 15.3 Å². The van der Waals surface area contributed by atoms with Crippen LogP contribution in [0.1, 0.15) is 25.7 Å². The molecular formula is C10H19NO3. The summed E-state index contributed by atoms with van der Waals surface area (Å²) in [5, 5.41) is 28.4. The average Bonchev–Trinajstić information content (AvgIpc) is 2.71. The van der Waals surface area contributed by atoms with E-state index in [4.69, 9.17) is 5.11 Å². The highest BCUT2D eigenvalue weighted by molar-refractivity contribution is 4.94. The first-order valence-electron chi connectivity index (χ1n) is 5.45. The van der Waals surface area contributed by atoms with Crippen molar-refractivity contribution in [1.82, 2.24) is 4.90 Å². The van der Waals surface area contributed by atoms with Crippen LogP contribution in [-0.4, -0.2) is 57.7 Å². The molecule has 0 amide bonds. The number of aliphatic hydroxyl groups excluding tert-OH is 3. The van der Waals surface area contributed by atoms with Crippen LogP contribution in [0.15, 0.2) is 0 Å². The maximum atomic E-state index is 9.74. The predicted octanol–water partition coefficient (Wildman–Crippen LogP) is -0.673. The minimum atomic E-state index is -0.333. The van der Waals surface area contributed by atoms with E-state index >= 15 is 0 Å². The zero-order valence-electron chi connectivity index (χ0n) is 8.34. The van der Waals surface area contributed by atoms with Crippen LogP contribution in [0, 0.1) is 0 Å². The van der Waals surface area contributed by atoms with Crippen LogP contribution in [0.5, 0.6) is 0 Å². The third kappa shape index (κ3) is 1.80. The van der Waals surface area contributed by atoms with Gasteiger partial charge in [0.15, 0.2) is 0 Å². The SMILES string of the molecule is OCC1CC(O)CN1[C@@H]1CCC[C@H]1O. The van der Waals surface area contributed by atoms with Crippen molar-refractivity contribution >= 4 is 0 Å². The molecule has 0 aromatic carbocycles. The first-order chi connectivity index (χ1) is 6.72. The molecule has 4 heteroatoms. The molecule has 4 nitrogen and oxygen atoms in total. The van der Waals surface area contributed by atoms with Crippen molar-refractivity contribution in [2.24, 2.45) is 0 Å². The first kappa shape index (κ1) is 10.4. The van der Waals surface area contributed by atoms with Crippen LogP contribution in [0.4, 0.5) is 0 Å². The molecule has 3 N–H and O–H groups in total. The van der Waals surface area contributed by atoms with Crippen LogP contribution in [0.2, 0.25) is 0 Å². The zero-order valence-corrected chi connectivity index (χ0v) is 8.34. The van der Waals surface area contributed by atoms with Crippen LogP contribution in [0.25, 0.3) is 0 Å². The van der Waals surface area contributed by atoms with Crippen LogP contribution >= 0.6 is 0 Å². The highest BCUT2D eigenvalue weighted by Crippen LogP contribution is 2.30. The topological polar surface area (TPSA) is 63.9 Å². The van der Waals surface area contributed by atoms with Crippen molar-refractivity contribution in [1.29, 1.82) is 0 Å². The fraction of sp³-hybridized carbons (Fsp3) is 1.00. The van der Waals surface area contributed by atoms with Crippen LogP contribution in [0.3, 0.4) is 0 Å². The fourth-order valence-electron chi connectivity index (χ4n) is 2.81. The Labute approximate surface area is 84.2 Å². The standard InChI is InChI=1S/C10H19NO3/c12-6-7-4-8(13)5-11(7)9-2-1-3-10(9)14/h7-10,12-14H,1-6H2/t7?,8?,9-,10-/m1/s1. The fourth-order valence-corrected chi connectivity index (χ4v) is 2.81. The lowest BCUT2D eigenvalue weighted by Crippen LogP contribution is -2.45. The molecule has 0 bridgehead atoms. The molecule has 4 atom stereocenters. The molecule has 0 spiro atoms. The van der Waals surface area contributed by atoms with Gasteiger partial charge in [0.1, 0.15) is 0 Å². The van der Waals surface area contributed by atoms with Crippen molar-refractivity contribution in [2.75, 3.05) is 13.2 Å². The van der Waals surface area contributed by atoms with E-state index in [0.29, 0.717) is 13.0 Å². The summed E-state index contributed by atoms with van der Waals surface area (Å²) in [5.41, 5.74) is 0. The number of likely N-dealkylation sites (tertiary alicyclic amines) is 1. The van der Waals surface area contributed by atoms with E-state index in [2.05, 4.69) is 4.90 Å². The molecule has 2 fully saturated rings. The lowest BCUT2D eigenvalue weighted by molar-refractivity contribution is 0.0422. The van der Waals surface area contributed by atoms with Crippen molar-refractivity contribution in [3.05, 3.63) is 0 Å². The molecule has 0 aromatic heterocycles. The summed E-state index contributed by atoms with van der Waals surface area (Å²) >= 11 is 0. The Morgan fingerprint density at radius 3 is 2.57 bits per heavy atom. The molecule has 0 aromatic rings.